The van der Waals surface area contributed by atoms with Gasteiger partial charge in [0.2, 0.25) is 11.7 Å². The van der Waals surface area contributed by atoms with Crippen LogP contribution >= 0.6 is 0 Å². The Hall–Kier alpha value is -2.10. The molecule has 3 rings (SSSR count). The fraction of sp³-hybridized carbons (Fsp3) is 0.750. The smallest absolute Gasteiger partial charge is 0.217 e. The number of rotatable bonds is 2. The number of nitrogens with zero attached hydrogens (tertiary/aromatic N) is 3. The first-order valence-corrected chi connectivity index (χ1v) is 7.76. The first-order valence-electron chi connectivity index (χ1n) is 7.76. The standard InChI is InChI=1S/C16H18N4O2/c1-2-5-12-14(8-17,9-18)15(10-19)11-6-3-4-7-16(11,21-12)22-13(15)20/h11-12,20H,2-7H2,1H3/t11-,12-,15+,16+/m1/s1. The van der Waals surface area contributed by atoms with E-state index >= 15 is 0 Å². The van der Waals surface area contributed by atoms with Crippen LogP contribution in [0, 0.1) is 56.2 Å². The van der Waals surface area contributed by atoms with Gasteiger partial charge in [-0.15, -0.1) is 0 Å². The molecule has 2 heterocycles. The van der Waals surface area contributed by atoms with Crippen molar-refractivity contribution in [2.24, 2.45) is 16.7 Å². The van der Waals surface area contributed by atoms with Gasteiger partial charge in [0.15, 0.2) is 10.8 Å². The summed E-state index contributed by atoms with van der Waals surface area (Å²) >= 11 is 0. The molecule has 3 fully saturated rings. The molecule has 4 atom stereocenters. The Morgan fingerprint density at radius 2 is 1.95 bits per heavy atom. The van der Waals surface area contributed by atoms with Crippen molar-refractivity contribution >= 4 is 5.90 Å². The highest BCUT2D eigenvalue weighted by Crippen LogP contribution is 2.66. The average Bonchev–Trinajstić information content (AvgIpc) is 2.74. The SMILES string of the molecule is CCC[C@H]1O[C@]23CCCC[C@@H]2[C@@](C#N)(C(=N)O3)C1(C#N)C#N. The van der Waals surface area contributed by atoms with Crippen molar-refractivity contribution in [2.75, 3.05) is 0 Å². The van der Waals surface area contributed by atoms with Gasteiger partial charge in [-0.1, -0.05) is 19.8 Å². The van der Waals surface area contributed by atoms with Gasteiger partial charge in [0.25, 0.3) is 0 Å². The zero-order valence-electron chi connectivity index (χ0n) is 12.6. The summed E-state index contributed by atoms with van der Waals surface area (Å²) in [5, 5.41) is 37.8. The minimum absolute atomic E-state index is 0.261. The molecule has 0 amide bonds. The second kappa shape index (κ2) is 4.70. The van der Waals surface area contributed by atoms with E-state index in [9.17, 15) is 15.8 Å². The second-order valence-electron chi connectivity index (χ2n) is 6.39. The van der Waals surface area contributed by atoms with E-state index in [1.165, 1.54) is 0 Å². The molecule has 0 spiro atoms. The van der Waals surface area contributed by atoms with Crippen molar-refractivity contribution in [3.63, 3.8) is 0 Å². The molecule has 1 saturated carbocycles. The van der Waals surface area contributed by atoms with Crippen molar-refractivity contribution in [2.45, 2.75) is 57.3 Å². The lowest BCUT2D eigenvalue weighted by Gasteiger charge is -2.51. The van der Waals surface area contributed by atoms with Gasteiger partial charge in [-0.2, -0.15) is 15.8 Å². The number of nitrogens with one attached hydrogen (secondary N) is 1. The quantitative estimate of drug-likeness (QED) is 0.841. The van der Waals surface area contributed by atoms with Gasteiger partial charge in [-0.25, -0.2) is 0 Å². The van der Waals surface area contributed by atoms with Crippen LogP contribution in [0.3, 0.4) is 0 Å². The third-order valence-corrected chi connectivity index (χ3v) is 5.48. The molecular formula is C16H18N4O2. The summed E-state index contributed by atoms with van der Waals surface area (Å²) in [6, 6.07) is 6.26. The molecule has 6 heteroatoms. The molecule has 22 heavy (non-hydrogen) atoms. The summed E-state index contributed by atoms with van der Waals surface area (Å²) in [5.74, 6) is -1.68. The van der Waals surface area contributed by atoms with Crippen LogP contribution < -0.4 is 0 Å². The Morgan fingerprint density at radius 1 is 1.23 bits per heavy atom. The second-order valence-corrected chi connectivity index (χ2v) is 6.39. The van der Waals surface area contributed by atoms with Gasteiger partial charge in [0.05, 0.1) is 30.2 Å². The molecule has 6 nitrogen and oxygen atoms in total. The van der Waals surface area contributed by atoms with E-state index in [-0.39, 0.29) is 5.90 Å². The number of hydrogen-bond donors (Lipinski definition) is 1. The molecule has 3 aliphatic rings. The van der Waals surface area contributed by atoms with Crippen LogP contribution in [-0.2, 0) is 9.47 Å². The molecule has 1 N–H and O–H groups in total. The monoisotopic (exact) mass is 298 g/mol. The first kappa shape index (κ1) is 14.8. The van der Waals surface area contributed by atoms with Crippen LogP contribution in [0.25, 0.3) is 0 Å². The maximum atomic E-state index is 9.93. The highest BCUT2D eigenvalue weighted by molar-refractivity contribution is 5.89. The van der Waals surface area contributed by atoms with E-state index in [0.29, 0.717) is 19.3 Å². The Bertz CT molecular complexity index is 626. The van der Waals surface area contributed by atoms with Crippen LogP contribution in [0.5, 0.6) is 0 Å². The Morgan fingerprint density at radius 3 is 2.55 bits per heavy atom. The van der Waals surface area contributed by atoms with Crippen molar-refractivity contribution in [1.29, 1.82) is 21.2 Å². The van der Waals surface area contributed by atoms with Crippen LogP contribution in [-0.4, -0.2) is 17.8 Å². The third kappa shape index (κ3) is 1.38. The zero-order valence-corrected chi connectivity index (χ0v) is 12.6. The van der Waals surface area contributed by atoms with Crippen LogP contribution in [0.4, 0.5) is 0 Å². The highest BCUT2D eigenvalue weighted by Gasteiger charge is 2.79. The van der Waals surface area contributed by atoms with Crippen LogP contribution in [0.1, 0.15) is 45.4 Å². The minimum atomic E-state index is -1.68. The summed E-state index contributed by atoms with van der Waals surface area (Å²) < 4.78 is 11.9. The minimum Gasteiger partial charge on any atom is -0.447 e. The number of nitriles is 3. The maximum Gasteiger partial charge on any atom is 0.217 e. The molecule has 0 aromatic carbocycles. The van der Waals surface area contributed by atoms with Gasteiger partial charge in [0, 0.05) is 6.42 Å². The summed E-state index contributed by atoms with van der Waals surface area (Å²) in [5.41, 5.74) is -3.20. The van der Waals surface area contributed by atoms with Gasteiger partial charge in [0.1, 0.15) is 0 Å². The summed E-state index contributed by atoms with van der Waals surface area (Å²) in [6.45, 7) is 1.95. The fourth-order valence-corrected chi connectivity index (χ4v) is 4.50. The third-order valence-electron chi connectivity index (χ3n) is 5.48. The predicted octanol–water partition coefficient (Wildman–Crippen LogP) is 2.62. The summed E-state index contributed by atoms with van der Waals surface area (Å²) in [4.78, 5) is 0. The largest absolute Gasteiger partial charge is 0.447 e. The maximum absolute atomic E-state index is 9.93. The van der Waals surface area contributed by atoms with E-state index in [2.05, 4.69) is 18.2 Å². The van der Waals surface area contributed by atoms with Crippen molar-refractivity contribution in [1.82, 2.24) is 0 Å². The van der Waals surface area contributed by atoms with Crippen LogP contribution in [0.2, 0.25) is 0 Å². The van der Waals surface area contributed by atoms with Crippen LogP contribution in [0.15, 0.2) is 0 Å². The van der Waals surface area contributed by atoms with E-state index < -0.39 is 28.6 Å². The Kier molecular flexibility index (Phi) is 3.17. The molecule has 0 radical (unpaired) electrons. The van der Waals surface area contributed by atoms with E-state index in [1.807, 2.05) is 6.92 Å². The first-order chi connectivity index (χ1) is 10.6. The van der Waals surface area contributed by atoms with Crippen molar-refractivity contribution in [3.8, 4) is 18.2 Å². The molecule has 0 aromatic rings. The molecule has 2 bridgehead atoms. The highest BCUT2D eigenvalue weighted by atomic mass is 16.7. The topological polar surface area (TPSA) is 114 Å². The molecule has 2 saturated heterocycles. The molecule has 0 unspecified atom stereocenters. The number of ether oxygens (including phenoxy) is 2. The summed E-state index contributed by atoms with van der Waals surface area (Å²) in [6.07, 6.45) is 3.55. The molecule has 2 aliphatic heterocycles. The summed E-state index contributed by atoms with van der Waals surface area (Å²) in [7, 11) is 0. The van der Waals surface area contributed by atoms with Gasteiger partial charge < -0.3 is 9.47 Å². The Balaban J connectivity index is 2.26. The van der Waals surface area contributed by atoms with Crippen molar-refractivity contribution < 1.29 is 9.47 Å². The zero-order chi connectivity index (χ0) is 16.0. The lowest BCUT2D eigenvalue weighted by atomic mass is 9.52. The van der Waals surface area contributed by atoms with E-state index in [1.54, 1.807) is 0 Å². The van der Waals surface area contributed by atoms with Gasteiger partial charge in [-0.05, 0) is 19.3 Å². The van der Waals surface area contributed by atoms with Gasteiger partial charge >= 0.3 is 0 Å². The average molecular weight is 298 g/mol. The van der Waals surface area contributed by atoms with E-state index in [4.69, 9.17) is 14.9 Å². The Labute approximate surface area is 129 Å². The van der Waals surface area contributed by atoms with Crippen molar-refractivity contribution in [3.05, 3.63) is 0 Å². The number of hydrogen-bond acceptors (Lipinski definition) is 6. The molecule has 114 valence electrons. The lowest BCUT2D eigenvalue weighted by Crippen LogP contribution is -2.63. The fourth-order valence-electron chi connectivity index (χ4n) is 4.50. The normalized spacial score (nSPS) is 41.5. The molecule has 1 aliphatic carbocycles. The van der Waals surface area contributed by atoms with E-state index in [0.717, 1.165) is 19.3 Å². The molecule has 0 aromatic heterocycles. The van der Waals surface area contributed by atoms with Gasteiger partial charge in [-0.3, -0.25) is 5.41 Å². The lowest BCUT2D eigenvalue weighted by molar-refractivity contribution is -0.292. The predicted molar refractivity (Wildman–Crippen MR) is 75.0 cm³/mol. The molecular weight excluding hydrogens is 280 g/mol.